The molecule has 8 nitrogen and oxygen atoms in total. The predicted octanol–water partition coefficient (Wildman–Crippen LogP) is 2.50. The highest BCUT2D eigenvalue weighted by Crippen LogP contribution is 2.27. The van der Waals surface area contributed by atoms with Crippen molar-refractivity contribution in [1.29, 1.82) is 0 Å². The van der Waals surface area contributed by atoms with Crippen LogP contribution in [0, 0.1) is 0 Å². The van der Waals surface area contributed by atoms with Gasteiger partial charge in [0.15, 0.2) is 5.52 Å². The number of benzene rings is 1. The van der Waals surface area contributed by atoms with Crippen LogP contribution in [-0.4, -0.2) is 26.5 Å². The largest absolute Gasteiger partial charge is 0.495 e. The van der Waals surface area contributed by atoms with Crippen LogP contribution in [0.5, 0.6) is 5.75 Å². The summed E-state index contributed by atoms with van der Waals surface area (Å²) in [6.45, 7) is 3.17. The van der Waals surface area contributed by atoms with Crippen LogP contribution in [0.2, 0.25) is 5.02 Å². The van der Waals surface area contributed by atoms with Gasteiger partial charge in [-0.15, -0.1) is 0 Å². The molecule has 0 spiro atoms. The van der Waals surface area contributed by atoms with Crippen LogP contribution in [-0.2, 0) is 11.3 Å². The highest BCUT2D eigenvalue weighted by atomic mass is 35.5. The van der Waals surface area contributed by atoms with E-state index in [4.69, 9.17) is 16.3 Å². The second-order valence-corrected chi connectivity index (χ2v) is 7.14. The Morgan fingerprint density at radius 2 is 2.11 bits per heavy atom. The lowest BCUT2D eigenvalue weighted by Gasteiger charge is -2.15. The number of aromatic nitrogens is 3. The second-order valence-electron chi connectivity index (χ2n) is 6.08. The monoisotopic (exact) mass is 408 g/mol. The number of carbonyl (C=O) groups excluding carboxylic acids is 1. The van der Waals surface area contributed by atoms with Crippen LogP contribution in [0.15, 0.2) is 33.2 Å². The van der Waals surface area contributed by atoms with Crippen LogP contribution < -0.4 is 21.3 Å². The lowest BCUT2D eigenvalue weighted by molar-refractivity contribution is -0.116. The predicted molar refractivity (Wildman–Crippen MR) is 105 cm³/mol. The molecule has 0 aliphatic carbocycles. The number of methoxy groups -OCH3 is 1. The van der Waals surface area contributed by atoms with Crippen LogP contribution in [0.4, 0.5) is 5.69 Å². The molecule has 0 bridgehead atoms. The molecule has 1 aromatic carbocycles. The van der Waals surface area contributed by atoms with Gasteiger partial charge in [0.2, 0.25) is 5.91 Å². The number of nitrogens with one attached hydrogen (secondary N) is 1. The number of rotatable bonds is 5. The van der Waals surface area contributed by atoms with Crippen molar-refractivity contribution in [1.82, 2.24) is 13.5 Å². The Balaban J connectivity index is 2.01. The van der Waals surface area contributed by atoms with Gasteiger partial charge in [-0.3, -0.25) is 18.7 Å². The number of fused-ring (bicyclic) bond motifs is 1. The van der Waals surface area contributed by atoms with E-state index < -0.39 is 17.2 Å². The summed E-state index contributed by atoms with van der Waals surface area (Å²) in [5, 5.41) is 4.70. The Hall–Kier alpha value is -2.65. The molecule has 3 rings (SSSR count). The summed E-state index contributed by atoms with van der Waals surface area (Å²) in [7, 11) is 1.47. The number of halogens is 1. The molecule has 0 aliphatic heterocycles. The fraction of sp³-hybridized carbons (Fsp3) is 0.294. The fourth-order valence-corrected chi connectivity index (χ4v) is 3.57. The number of nitrogens with zero attached hydrogens (tertiary/aromatic N) is 3. The Kier molecular flexibility index (Phi) is 5.33. The van der Waals surface area contributed by atoms with E-state index in [2.05, 4.69) is 9.69 Å². The molecule has 0 unspecified atom stereocenters. The maximum atomic E-state index is 12.8. The van der Waals surface area contributed by atoms with Gasteiger partial charge in [-0.05, 0) is 43.6 Å². The van der Waals surface area contributed by atoms with Crippen molar-refractivity contribution >= 4 is 45.8 Å². The van der Waals surface area contributed by atoms with Crippen LogP contribution >= 0.6 is 23.1 Å². The summed E-state index contributed by atoms with van der Waals surface area (Å²) < 4.78 is 11.6. The molecule has 1 amide bonds. The first-order valence-corrected chi connectivity index (χ1v) is 9.27. The molecule has 0 aliphatic rings. The van der Waals surface area contributed by atoms with Crippen molar-refractivity contribution in [3.63, 3.8) is 0 Å². The smallest absolute Gasteiger partial charge is 0.332 e. The maximum Gasteiger partial charge on any atom is 0.332 e. The normalized spacial score (nSPS) is 11.1. The molecule has 0 saturated heterocycles. The van der Waals surface area contributed by atoms with Gasteiger partial charge < -0.3 is 10.1 Å². The van der Waals surface area contributed by atoms with E-state index in [0.29, 0.717) is 22.0 Å². The second kappa shape index (κ2) is 7.53. The molecule has 3 aromatic rings. The molecular weight excluding hydrogens is 392 g/mol. The third-order valence-corrected chi connectivity index (χ3v) is 4.81. The molecule has 0 atom stereocenters. The maximum absolute atomic E-state index is 12.8. The highest BCUT2D eigenvalue weighted by Gasteiger charge is 2.19. The molecule has 1 N–H and O–H groups in total. The Morgan fingerprint density at radius 1 is 1.37 bits per heavy atom. The zero-order valence-electron chi connectivity index (χ0n) is 14.9. The molecule has 2 heterocycles. The lowest BCUT2D eigenvalue weighted by Crippen LogP contribution is -2.42. The molecule has 10 heteroatoms. The minimum absolute atomic E-state index is 0.168. The summed E-state index contributed by atoms with van der Waals surface area (Å²) in [5.41, 5.74) is -0.128. The quantitative estimate of drug-likeness (QED) is 0.699. The van der Waals surface area contributed by atoms with Gasteiger partial charge in [0.25, 0.3) is 5.56 Å². The van der Waals surface area contributed by atoms with Crippen molar-refractivity contribution in [3.05, 3.63) is 49.4 Å². The number of amides is 1. The number of hydrogen-bond donors (Lipinski definition) is 1. The van der Waals surface area contributed by atoms with Gasteiger partial charge >= 0.3 is 5.69 Å². The number of anilines is 1. The van der Waals surface area contributed by atoms with Crippen LogP contribution in [0.3, 0.4) is 0 Å². The first-order valence-electron chi connectivity index (χ1n) is 8.06. The highest BCUT2D eigenvalue weighted by molar-refractivity contribution is 7.04. The average molecular weight is 409 g/mol. The fourth-order valence-electron chi connectivity index (χ4n) is 2.73. The van der Waals surface area contributed by atoms with Crippen LogP contribution in [0.1, 0.15) is 19.9 Å². The van der Waals surface area contributed by atoms with E-state index in [-0.39, 0.29) is 18.1 Å². The van der Waals surface area contributed by atoms with Gasteiger partial charge in [0.05, 0.1) is 18.3 Å². The van der Waals surface area contributed by atoms with E-state index in [0.717, 1.165) is 16.1 Å². The van der Waals surface area contributed by atoms with Gasteiger partial charge in [-0.1, -0.05) is 11.6 Å². The molecular formula is C17H17ClN4O4S. The van der Waals surface area contributed by atoms with Crippen molar-refractivity contribution in [2.24, 2.45) is 0 Å². The van der Waals surface area contributed by atoms with E-state index in [1.165, 1.54) is 11.7 Å². The van der Waals surface area contributed by atoms with E-state index in [1.807, 2.05) is 0 Å². The minimum Gasteiger partial charge on any atom is -0.495 e. The van der Waals surface area contributed by atoms with Gasteiger partial charge in [0.1, 0.15) is 12.3 Å². The van der Waals surface area contributed by atoms with Crippen molar-refractivity contribution in [2.45, 2.75) is 26.4 Å². The molecule has 0 saturated carbocycles. The molecule has 27 heavy (non-hydrogen) atoms. The Bertz CT molecular complexity index is 1130. The number of ether oxygens (including phenoxy) is 1. The molecule has 0 radical (unpaired) electrons. The third kappa shape index (κ3) is 3.60. The first-order chi connectivity index (χ1) is 12.8. The van der Waals surface area contributed by atoms with Crippen molar-refractivity contribution in [3.8, 4) is 5.75 Å². The molecule has 2 aromatic heterocycles. The summed E-state index contributed by atoms with van der Waals surface area (Å²) in [4.78, 5) is 37.8. The summed E-state index contributed by atoms with van der Waals surface area (Å²) in [5.74, 6) is -0.0197. The molecule has 0 fully saturated rings. The first kappa shape index (κ1) is 19.1. The summed E-state index contributed by atoms with van der Waals surface area (Å²) >= 11 is 7.03. The minimum atomic E-state index is -0.559. The zero-order chi connectivity index (χ0) is 19.7. The molecule has 142 valence electrons. The van der Waals surface area contributed by atoms with Gasteiger partial charge in [-0.25, -0.2) is 4.79 Å². The van der Waals surface area contributed by atoms with Crippen LogP contribution in [0.25, 0.3) is 11.0 Å². The Morgan fingerprint density at radius 3 is 2.78 bits per heavy atom. The van der Waals surface area contributed by atoms with Crippen molar-refractivity contribution < 1.29 is 9.53 Å². The van der Waals surface area contributed by atoms with E-state index in [9.17, 15) is 14.4 Å². The summed E-state index contributed by atoms with van der Waals surface area (Å²) in [6.07, 6.45) is 0. The van der Waals surface area contributed by atoms with Crippen molar-refractivity contribution in [2.75, 3.05) is 12.4 Å². The third-order valence-electron chi connectivity index (χ3n) is 3.95. The average Bonchev–Trinajstić information content (AvgIpc) is 3.08. The standard InChI is InChI=1S/C17H17ClN4O4S/c1-9(2)22-16(24)15-12(8-27-20-15)21(17(22)25)7-14(23)19-11-6-10(18)4-5-13(11)26-3/h4-6,8-9H,7H2,1-3H3,(H,19,23). The van der Waals surface area contributed by atoms with Gasteiger partial charge in [-0.2, -0.15) is 4.37 Å². The SMILES string of the molecule is COc1ccc(Cl)cc1NC(=O)Cn1c(=O)n(C(C)C)c(=O)c2nscc21. The van der Waals surface area contributed by atoms with E-state index in [1.54, 1.807) is 37.4 Å². The topological polar surface area (TPSA) is 95.2 Å². The lowest BCUT2D eigenvalue weighted by atomic mass is 10.3. The Labute approximate surface area is 163 Å². The summed E-state index contributed by atoms with van der Waals surface area (Å²) in [6, 6.07) is 4.46. The number of carbonyl (C=O) groups is 1. The van der Waals surface area contributed by atoms with Gasteiger partial charge in [0, 0.05) is 16.4 Å². The zero-order valence-corrected chi connectivity index (χ0v) is 16.4. The van der Waals surface area contributed by atoms with E-state index >= 15 is 0 Å². The number of hydrogen-bond acceptors (Lipinski definition) is 6.